The minimum absolute atomic E-state index is 0.199. The first-order valence-corrected chi connectivity index (χ1v) is 8.15. The zero-order valence-electron chi connectivity index (χ0n) is 14.5. The highest BCUT2D eigenvalue weighted by Crippen LogP contribution is 2.30. The average Bonchev–Trinajstić information content (AvgIpc) is 2.61. The van der Waals surface area contributed by atoms with Gasteiger partial charge < -0.3 is 14.6 Å². The van der Waals surface area contributed by atoms with Crippen molar-refractivity contribution in [2.75, 3.05) is 11.4 Å². The van der Waals surface area contributed by atoms with Crippen LogP contribution in [0.2, 0.25) is 0 Å². The number of nitrogens with zero attached hydrogens (tertiary/aromatic N) is 2. The van der Waals surface area contributed by atoms with Crippen molar-refractivity contribution in [2.45, 2.75) is 13.8 Å². The van der Waals surface area contributed by atoms with E-state index in [1.807, 2.05) is 44.2 Å². The highest BCUT2D eigenvalue weighted by molar-refractivity contribution is 6.10. The first kappa shape index (κ1) is 16.8. The first-order chi connectivity index (χ1) is 12.0. The van der Waals surface area contributed by atoms with Crippen LogP contribution in [-0.4, -0.2) is 22.1 Å². The van der Waals surface area contributed by atoms with Gasteiger partial charge in [0.2, 0.25) is 0 Å². The zero-order chi connectivity index (χ0) is 18.1. The second kappa shape index (κ2) is 6.43. The molecule has 2 aromatic carbocycles. The van der Waals surface area contributed by atoms with Gasteiger partial charge in [0.25, 0.3) is 11.5 Å². The Morgan fingerprint density at radius 2 is 1.80 bits per heavy atom. The van der Waals surface area contributed by atoms with Gasteiger partial charge in [-0.1, -0.05) is 30.3 Å². The van der Waals surface area contributed by atoms with Crippen molar-refractivity contribution in [3.63, 3.8) is 0 Å². The largest absolute Gasteiger partial charge is 0.506 e. The standard InChI is InChI=1S/C20H20N2O3/c1-4-22(14-10-6-5-7-11-14)20(25)17-18(23)16-13(2)9-8-12-15(16)21(3)19(17)24/h5-12,23H,4H2,1-3H3. The summed E-state index contributed by atoms with van der Waals surface area (Å²) in [5.41, 5.74) is 1.38. The highest BCUT2D eigenvalue weighted by Gasteiger charge is 2.26. The third kappa shape index (κ3) is 2.67. The fourth-order valence-corrected chi connectivity index (χ4v) is 3.12. The summed E-state index contributed by atoms with van der Waals surface area (Å²) in [7, 11) is 1.61. The summed E-state index contributed by atoms with van der Waals surface area (Å²) in [6.07, 6.45) is 0. The number of anilines is 1. The Balaban J connectivity index is 2.27. The van der Waals surface area contributed by atoms with Gasteiger partial charge in [-0.3, -0.25) is 9.59 Å². The predicted molar refractivity (Wildman–Crippen MR) is 99.4 cm³/mol. The van der Waals surface area contributed by atoms with Crippen LogP contribution >= 0.6 is 0 Å². The molecule has 0 unspecified atom stereocenters. The van der Waals surface area contributed by atoms with Crippen LogP contribution in [0.1, 0.15) is 22.8 Å². The van der Waals surface area contributed by atoms with Gasteiger partial charge in [0.15, 0.2) is 0 Å². The molecule has 0 fully saturated rings. The van der Waals surface area contributed by atoms with Gasteiger partial charge in [0, 0.05) is 24.7 Å². The van der Waals surface area contributed by atoms with E-state index >= 15 is 0 Å². The van der Waals surface area contributed by atoms with Crippen LogP contribution in [0.4, 0.5) is 5.69 Å². The number of carbonyl (C=O) groups is 1. The fourth-order valence-electron chi connectivity index (χ4n) is 3.12. The third-order valence-electron chi connectivity index (χ3n) is 4.45. The van der Waals surface area contributed by atoms with Crippen molar-refractivity contribution >= 4 is 22.5 Å². The van der Waals surface area contributed by atoms with E-state index in [-0.39, 0.29) is 11.3 Å². The number of carbonyl (C=O) groups excluding carboxylic acids is 1. The lowest BCUT2D eigenvalue weighted by molar-refractivity contribution is 0.0984. The number of fused-ring (bicyclic) bond motifs is 1. The molecular weight excluding hydrogens is 316 g/mol. The van der Waals surface area contributed by atoms with Crippen molar-refractivity contribution in [3.8, 4) is 5.75 Å². The van der Waals surface area contributed by atoms with E-state index < -0.39 is 11.5 Å². The van der Waals surface area contributed by atoms with Crippen LogP contribution in [0.5, 0.6) is 5.75 Å². The number of aromatic nitrogens is 1. The number of para-hydroxylation sites is 1. The van der Waals surface area contributed by atoms with Gasteiger partial charge in [-0.25, -0.2) is 0 Å². The molecule has 25 heavy (non-hydrogen) atoms. The van der Waals surface area contributed by atoms with Crippen LogP contribution < -0.4 is 10.5 Å². The molecule has 0 aliphatic heterocycles. The number of hydrogen-bond donors (Lipinski definition) is 1. The predicted octanol–water partition coefficient (Wildman–Crippen LogP) is 3.22. The van der Waals surface area contributed by atoms with Crippen molar-refractivity contribution in [2.24, 2.45) is 7.05 Å². The summed E-state index contributed by atoms with van der Waals surface area (Å²) in [4.78, 5) is 27.3. The molecule has 3 rings (SSSR count). The van der Waals surface area contributed by atoms with Crippen LogP contribution in [0, 0.1) is 6.92 Å². The molecule has 1 aromatic heterocycles. The first-order valence-electron chi connectivity index (χ1n) is 8.15. The van der Waals surface area contributed by atoms with Gasteiger partial charge in [-0.05, 0) is 37.6 Å². The van der Waals surface area contributed by atoms with E-state index in [0.29, 0.717) is 23.1 Å². The summed E-state index contributed by atoms with van der Waals surface area (Å²) in [5, 5.41) is 11.3. The van der Waals surface area contributed by atoms with Crippen molar-refractivity contribution in [1.29, 1.82) is 0 Å². The molecule has 0 spiro atoms. The Bertz CT molecular complexity index is 1010. The van der Waals surface area contributed by atoms with Crippen molar-refractivity contribution < 1.29 is 9.90 Å². The van der Waals surface area contributed by atoms with Crippen LogP contribution in [-0.2, 0) is 7.05 Å². The number of benzene rings is 2. The monoisotopic (exact) mass is 336 g/mol. The molecule has 0 saturated heterocycles. The van der Waals surface area contributed by atoms with Gasteiger partial charge in [-0.2, -0.15) is 0 Å². The highest BCUT2D eigenvalue weighted by atomic mass is 16.3. The lowest BCUT2D eigenvalue weighted by Gasteiger charge is -2.22. The maximum absolute atomic E-state index is 13.1. The number of rotatable bonds is 3. The Labute approximate surface area is 145 Å². The van der Waals surface area contributed by atoms with E-state index in [9.17, 15) is 14.7 Å². The number of aromatic hydroxyl groups is 1. The molecule has 0 bridgehead atoms. The second-order valence-corrected chi connectivity index (χ2v) is 5.94. The van der Waals surface area contributed by atoms with E-state index in [1.165, 1.54) is 9.47 Å². The normalized spacial score (nSPS) is 10.8. The molecule has 5 heteroatoms. The maximum atomic E-state index is 13.1. The molecule has 0 aliphatic carbocycles. The lowest BCUT2D eigenvalue weighted by Crippen LogP contribution is -2.36. The summed E-state index contributed by atoms with van der Waals surface area (Å²) < 4.78 is 1.41. The maximum Gasteiger partial charge on any atom is 0.267 e. The quantitative estimate of drug-likeness (QED) is 0.799. The fraction of sp³-hybridized carbons (Fsp3) is 0.200. The Morgan fingerprint density at radius 1 is 1.12 bits per heavy atom. The minimum Gasteiger partial charge on any atom is -0.506 e. The van der Waals surface area contributed by atoms with Crippen molar-refractivity contribution in [1.82, 2.24) is 4.57 Å². The SMILES string of the molecule is CCN(C(=O)c1c(O)c2c(C)cccc2n(C)c1=O)c1ccccc1. The van der Waals surface area contributed by atoms with Gasteiger partial charge in [0.05, 0.1) is 5.52 Å². The summed E-state index contributed by atoms with van der Waals surface area (Å²) in [5.74, 6) is -0.757. The number of amides is 1. The summed E-state index contributed by atoms with van der Waals surface area (Å²) in [6, 6.07) is 14.5. The molecule has 0 radical (unpaired) electrons. The molecule has 0 saturated carbocycles. The van der Waals surface area contributed by atoms with E-state index in [4.69, 9.17) is 0 Å². The molecular formula is C20H20N2O3. The van der Waals surface area contributed by atoms with Crippen molar-refractivity contribution in [3.05, 3.63) is 70.0 Å². The molecule has 1 N–H and O–H groups in total. The van der Waals surface area contributed by atoms with E-state index in [1.54, 1.807) is 25.2 Å². The number of aryl methyl sites for hydroxylation is 2. The number of hydrogen-bond acceptors (Lipinski definition) is 3. The topological polar surface area (TPSA) is 62.5 Å². The van der Waals surface area contributed by atoms with Crippen LogP contribution in [0.25, 0.3) is 10.9 Å². The lowest BCUT2D eigenvalue weighted by atomic mass is 10.0. The van der Waals surface area contributed by atoms with Gasteiger partial charge in [0.1, 0.15) is 11.3 Å². The third-order valence-corrected chi connectivity index (χ3v) is 4.45. The molecule has 0 aliphatic rings. The Kier molecular flexibility index (Phi) is 4.31. The molecule has 128 valence electrons. The molecule has 0 atom stereocenters. The Hall–Kier alpha value is -3.08. The smallest absolute Gasteiger partial charge is 0.267 e. The zero-order valence-corrected chi connectivity index (χ0v) is 14.5. The van der Waals surface area contributed by atoms with E-state index in [2.05, 4.69) is 0 Å². The van der Waals surface area contributed by atoms with Crippen LogP contribution in [0.3, 0.4) is 0 Å². The number of pyridine rings is 1. The molecule has 3 aromatic rings. The Morgan fingerprint density at radius 3 is 2.44 bits per heavy atom. The molecule has 1 heterocycles. The minimum atomic E-state index is -0.505. The summed E-state index contributed by atoms with van der Waals surface area (Å²) >= 11 is 0. The van der Waals surface area contributed by atoms with E-state index in [0.717, 1.165) is 5.56 Å². The summed E-state index contributed by atoms with van der Waals surface area (Å²) in [6.45, 7) is 4.06. The molecule has 1 amide bonds. The second-order valence-electron chi connectivity index (χ2n) is 5.94. The van der Waals surface area contributed by atoms with Gasteiger partial charge >= 0.3 is 0 Å². The van der Waals surface area contributed by atoms with Gasteiger partial charge in [-0.15, -0.1) is 0 Å². The molecule has 5 nitrogen and oxygen atoms in total. The average molecular weight is 336 g/mol. The van der Waals surface area contributed by atoms with Crippen LogP contribution in [0.15, 0.2) is 53.3 Å².